The van der Waals surface area contributed by atoms with Crippen molar-refractivity contribution in [2.24, 2.45) is 40.9 Å². The van der Waals surface area contributed by atoms with Crippen LogP contribution < -0.4 is 0 Å². The summed E-state index contributed by atoms with van der Waals surface area (Å²) in [5.41, 5.74) is 1.92. The van der Waals surface area contributed by atoms with Gasteiger partial charge in [0.2, 0.25) is 0 Å². The van der Waals surface area contributed by atoms with Crippen LogP contribution in [0.3, 0.4) is 0 Å². The maximum absolute atomic E-state index is 10.9. The number of aromatic nitrogens is 2. The van der Waals surface area contributed by atoms with Gasteiger partial charge in [-0.05, 0) is 105 Å². The molecule has 1 heterocycles. The van der Waals surface area contributed by atoms with Crippen molar-refractivity contribution in [1.29, 1.82) is 5.26 Å². The average Bonchev–Trinajstić information content (AvgIpc) is 3.36. The van der Waals surface area contributed by atoms with Crippen molar-refractivity contribution in [2.75, 3.05) is 0 Å². The van der Waals surface area contributed by atoms with Crippen molar-refractivity contribution in [2.45, 2.75) is 90.2 Å². The third kappa shape index (κ3) is 3.48. The van der Waals surface area contributed by atoms with Crippen LogP contribution in [0.2, 0.25) is 0 Å². The molecule has 31 heavy (non-hydrogen) atoms. The topological polar surface area (TPSA) is 61.8 Å². The highest BCUT2D eigenvalue weighted by Crippen LogP contribution is 2.65. The number of fused-ring (bicyclic) bond motifs is 5. The van der Waals surface area contributed by atoms with Crippen LogP contribution in [0.1, 0.15) is 83.6 Å². The van der Waals surface area contributed by atoms with Crippen LogP contribution >= 0.6 is 0 Å². The van der Waals surface area contributed by atoms with Crippen molar-refractivity contribution in [1.82, 2.24) is 9.78 Å². The quantitative estimate of drug-likeness (QED) is 0.632. The van der Waals surface area contributed by atoms with Gasteiger partial charge in [0.05, 0.1) is 23.9 Å². The van der Waals surface area contributed by atoms with E-state index in [9.17, 15) is 5.11 Å². The van der Waals surface area contributed by atoms with E-state index in [4.69, 9.17) is 5.26 Å². The summed E-state index contributed by atoms with van der Waals surface area (Å²) in [4.78, 5) is 0. The lowest BCUT2D eigenvalue weighted by molar-refractivity contribution is -0.105. The van der Waals surface area contributed by atoms with Crippen LogP contribution in [-0.4, -0.2) is 20.5 Å². The first kappa shape index (κ1) is 21.3. The summed E-state index contributed by atoms with van der Waals surface area (Å²) in [7, 11) is 0. The second-order valence-corrected chi connectivity index (χ2v) is 11.6. The lowest BCUT2D eigenvalue weighted by Gasteiger charge is -2.57. The number of nitriles is 1. The van der Waals surface area contributed by atoms with E-state index in [-0.39, 0.29) is 5.60 Å². The molecule has 0 bridgehead atoms. The molecule has 0 unspecified atom stereocenters. The van der Waals surface area contributed by atoms with Crippen LogP contribution in [0.5, 0.6) is 0 Å². The molecule has 0 amide bonds. The molecule has 4 saturated carbocycles. The van der Waals surface area contributed by atoms with Crippen molar-refractivity contribution < 1.29 is 5.11 Å². The van der Waals surface area contributed by atoms with E-state index in [2.05, 4.69) is 31.6 Å². The van der Waals surface area contributed by atoms with Gasteiger partial charge in [-0.15, -0.1) is 0 Å². The number of hydrogen-bond donors (Lipinski definition) is 1. The molecular weight excluding hydrogens is 382 g/mol. The van der Waals surface area contributed by atoms with Crippen LogP contribution in [-0.2, 0) is 6.54 Å². The Balaban J connectivity index is 1.29. The largest absolute Gasteiger partial charge is 0.390 e. The summed E-state index contributed by atoms with van der Waals surface area (Å²) >= 11 is 0. The molecule has 4 aliphatic carbocycles. The zero-order chi connectivity index (χ0) is 21.8. The molecule has 5 rings (SSSR count). The molecule has 4 aliphatic rings. The molecule has 0 saturated heterocycles. The van der Waals surface area contributed by atoms with Gasteiger partial charge < -0.3 is 5.11 Å². The average molecular weight is 422 g/mol. The monoisotopic (exact) mass is 421 g/mol. The van der Waals surface area contributed by atoms with E-state index in [1.165, 1.54) is 50.5 Å². The number of rotatable bonds is 4. The fourth-order valence-electron chi connectivity index (χ4n) is 8.78. The lowest BCUT2D eigenvalue weighted by Crippen LogP contribution is -2.51. The minimum Gasteiger partial charge on any atom is -0.390 e. The molecule has 0 spiro atoms. The molecular formula is C27H39N3O. The summed E-state index contributed by atoms with van der Waals surface area (Å²) in [6.07, 6.45) is 15.7. The Morgan fingerprint density at radius 2 is 2.00 bits per heavy atom. The molecule has 1 aromatic rings. The first-order valence-corrected chi connectivity index (χ1v) is 12.7. The SMILES string of the molecule is C=C(Cn1cc(C#N)cn1)[C@H]1CC[C@H]2[C@@H]3CC[C@H]4C[C@@](O)(CC)CC[C@@H]4[C@H]3CC[C@]12C. The highest BCUT2D eigenvalue weighted by atomic mass is 16.3. The minimum absolute atomic E-state index is 0.370. The first-order chi connectivity index (χ1) is 14.9. The van der Waals surface area contributed by atoms with Crippen molar-refractivity contribution in [3.8, 4) is 6.07 Å². The third-order valence-corrected chi connectivity index (χ3v) is 10.4. The number of allylic oxidation sites excluding steroid dienone is 1. The number of aliphatic hydroxyl groups is 1. The highest BCUT2D eigenvalue weighted by molar-refractivity contribution is 5.22. The molecule has 4 nitrogen and oxygen atoms in total. The Morgan fingerprint density at radius 3 is 2.74 bits per heavy atom. The van der Waals surface area contributed by atoms with Crippen molar-refractivity contribution >= 4 is 0 Å². The van der Waals surface area contributed by atoms with Gasteiger partial charge in [0.15, 0.2) is 0 Å². The van der Waals surface area contributed by atoms with E-state index >= 15 is 0 Å². The molecule has 4 heteroatoms. The van der Waals surface area contributed by atoms with Gasteiger partial charge in [0, 0.05) is 6.20 Å². The second kappa shape index (κ2) is 7.77. The number of nitrogens with zero attached hydrogens (tertiary/aromatic N) is 3. The molecule has 168 valence electrons. The van der Waals surface area contributed by atoms with E-state index in [0.717, 1.165) is 55.4 Å². The van der Waals surface area contributed by atoms with E-state index in [1.54, 1.807) is 6.20 Å². The maximum atomic E-state index is 10.9. The molecule has 0 aromatic carbocycles. The van der Waals surface area contributed by atoms with Gasteiger partial charge in [0.1, 0.15) is 6.07 Å². The Kier molecular flexibility index (Phi) is 5.32. The zero-order valence-electron chi connectivity index (χ0n) is 19.4. The van der Waals surface area contributed by atoms with Crippen LogP contribution in [0.4, 0.5) is 0 Å². The molecule has 0 aliphatic heterocycles. The van der Waals surface area contributed by atoms with Gasteiger partial charge in [-0.2, -0.15) is 10.4 Å². The lowest BCUT2D eigenvalue weighted by atomic mass is 9.48. The summed E-state index contributed by atoms with van der Waals surface area (Å²) in [5, 5.41) is 24.4. The predicted octanol–water partition coefficient (Wildman–Crippen LogP) is 5.72. The predicted molar refractivity (Wildman–Crippen MR) is 122 cm³/mol. The Labute approximate surface area is 187 Å². The van der Waals surface area contributed by atoms with Crippen molar-refractivity contribution in [3.05, 3.63) is 30.1 Å². The Hall–Kier alpha value is -1.60. The Bertz CT molecular complexity index is 883. The van der Waals surface area contributed by atoms with Gasteiger partial charge in [-0.3, -0.25) is 4.68 Å². The molecule has 0 radical (unpaired) electrons. The van der Waals surface area contributed by atoms with E-state index in [0.29, 0.717) is 16.9 Å². The summed E-state index contributed by atoms with van der Waals surface area (Å²) in [6, 6.07) is 2.18. The van der Waals surface area contributed by atoms with Gasteiger partial charge in [-0.1, -0.05) is 26.0 Å². The molecule has 4 fully saturated rings. The van der Waals surface area contributed by atoms with Gasteiger partial charge >= 0.3 is 0 Å². The van der Waals surface area contributed by atoms with E-state index < -0.39 is 0 Å². The van der Waals surface area contributed by atoms with Gasteiger partial charge in [-0.25, -0.2) is 0 Å². The molecule has 1 N–H and O–H groups in total. The van der Waals surface area contributed by atoms with Crippen LogP contribution in [0.15, 0.2) is 24.5 Å². The fourth-order valence-corrected chi connectivity index (χ4v) is 8.78. The van der Waals surface area contributed by atoms with Crippen LogP contribution in [0.25, 0.3) is 0 Å². The smallest absolute Gasteiger partial charge is 0.102 e. The maximum Gasteiger partial charge on any atom is 0.102 e. The zero-order valence-corrected chi connectivity index (χ0v) is 19.4. The normalized spacial score (nSPS) is 44.1. The minimum atomic E-state index is -0.384. The summed E-state index contributed by atoms with van der Waals surface area (Å²) in [6.45, 7) is 9.99. The first-order valence-electron chi connectivity index (χ1n) is 12.7. The standard InChI is InChI=1S/C27H39N3O/c1-4-27(31)12-10-21-20(13-27)5-6-23-22(21)9-11-26(3)24(7-8-25(23)26)18(2)16-30-17-19(14-28)15-29-30/h15,17,20-25,31H,2,4-13,16H2,1,3H3/t20-,21-,22+,23+,24+,25-,26+,27+/m0/s1. The van der Waals surface area contributed by atoms with Crippen molar-refractivity contribution in [3.63, 3.8) is 0 Å². The third-order valence-electron chi connectivity index (χ3n) is 10.4. The highest BCUT2D eigenvalue weighted by Gasteiger charge is 2.57. The summed E-state index contributed by atoms with van der Waals surface area (Å²) < 4.78 is 1.89. The number of hydrogen-bond acceptors (Lipinski definition) is 3. The Morgan fingerprint density at radius 1 is 1.19 bits per heavy atom. The summed E-state index contributed by atoms with van der Waals surface area (Å²) in [5.74, 6) is 4.77. The molecule has 8 atom stereocenters. The second-order valence-electron chi connectivity index (χ2n) is 11.6. The fraction of sp³-hybridized carbons (Fsp3) is 0.778. The molecule has 1 aromatic heterocycles. The van der Waals surface area contributed by atoms with Gasteiger partial charge in [0.25, 0.3) is 0 Å². The van der Waals surface area contributed by atoms with Crippen LogP contribution in [0, 0.1) is 52.3 Å². The van der Waals surface area contributed by atoms with E-state index in [1.807, 2.05) is 10.9 Å².